The summed E-state index contributed by atoms with van der Waals surface area (Å²) in [5, 5.41) is 7.81. The van der Waals surface area contributed by atoms with E-state index in [0.29, 0.717) is 6.04 Å². The van der Waals surface area contributed by atoms with E-state index in [9.17, 15) is 0 Å². The largest absolute Gasteiger partial charge is 0.308 e. The minimum atomic E-state index is 0.468. The summed E-state index contributed by atoms with van der Waals surface area (Å²) in [4.78, 5) is 4.34. The van der Waals surface area contributed by atoms with Crippen molar-refractivity contribution in [3.8, 4) is 0 Å². The summed E-state index contributed by atoms with van der Waals surface area (Å²) in [6.45, 7) is 3.02. The van der Waals surface area contributed by atoms with Crippen LogP contribution in [0, 0.1) is 0 Å². The molecule has 0 aliphatic carbocycles. The number of halogens is 1. The number of hydrogen-bond acceptors (Lipinski definition) is 3. The summed E-state index contributed by atoms with van der Waals surface area (Å²) < 4.78 is 1.02. The molecule has 4 heteroatoms. The first-order valence-electron chi connectivity index (χ1n) is 5.59. The van der Waals surface area contributed by atoms with Crippen LogP contribution in [0.1, 0.15) is 18.2 Å². The average Bonchev–Trinajstić information content (AvgIpc) is 2.81. The van der Waals surface area contributed by atoms with E-state index in [-0.39, 0.29) is 0 Å². The highest BCUT2D eigenvalue weighted by molar-refractivity contribution is 9.10. The van der Waals surface area contributed by atoms with Gasteiger partial charge in [-0.1, -0.05) is 0 Å². The molecule has 2 aromatic rings. The Morgan fingerprint density at radius 3 is 2.94 bits per heavy atom. The van der Waals surface area contributed by atoms with E-state index in [1.54, 1.807) is 11.3 Å². The molecule has 0 fully saturated rings. The number of rotatable bonds is 5. The van der Waals surface area contributed by atoms with Gasteiger partial charge in [0.15, 0.2) is 0 Å². The second kappa shape index (κ2) is 6.28. The van der Waals surface area contributed by atoms with E-state index in [2.05, 4.69) is 50.0 Å². The molecule has 1 unspecified atom stereocenters. The maximum Gasteiger partial charge on any atom is 0.0542 e. The summed E-state index contributed by atoms with van der Waals surface area (Å²) in [7, 11) is 0. The maximum atomic E-state index is 4.34. The molecule has 90 valence electrons. The predicted molar refractivity (Wildman–Crippen MR) is 76.3 cm³/mol. The fourth-order valence-corrected chi connectivity index (χ4v) is 2.54. The van der Waals surface area contributed by atoms with Crippen LogP contribution in [0.5, 0.6) is 0 Å². The zero-order valence-electron chi connectivity index (χ0n) is 9.69. The molecule has 0 radical (unpaired) electrons. The van der Waals surface area contributed by atoms with E-state index < -0.39 is 0 Å². The lowest BCUT2D eigenvalue weighted by Crippen LogP contribution is -2.27. The maximum absolute atomic E-state index is 4.34. The van der Waals surface area contributed by atoms with Gasteiger partial charge >= 0.3 is 0 Å². The van der Waals surface area contributed by atoms with Crippen molar-refractivity contribution >= 4 is 27.3 Å². The van der Waals surface area contributed by atoms with Gasteiger partial charge in [-0.05, 0) is 63.8 Å². The molecule has 2 aromatic heterocycles. The molecular weight excluding hydrogens is 296 g/mol. The number of pyridine rings is 1. The van der Waals surface area contributed by atoms with Crippen molar-refractivity contribution in [1.29, 1.82) is 0 Å². The fourth-order valence-electron chi connectivity index (χ4n) is 1.62. The molecule has 2 rings (SSSR count). The quantitative estimate of drug-likeness (QED) is 0.912. The van der Waals surface area contributed by atoms with Crippen molar-refractivity contribution in [2.75, 3.05) is 0 Å². The third kappa shape index (κ3) is 4.22. The van der Waals surface area contributed by atoms with Crippen LogP contribution in [-0.2, 0) is 13.0 Å². The Balaban J connectivity index is 1.79. The Labute approximate surface area is 114 Å². The first kappa shape index (κ1) is 12.7. The monoisotopic (exact) mass is 310 g/mol. The van der Waals surface area contributed by atoms with Gasteiger partial charge < -0.3 is 5.32 Å². The van der Waals surface area contributed by atoms with Gasteiger partial charge in [-0.2, -0.15) is 11.3 Å². The average molecular weight is 311 g/mol. The summed E-state index contributed by atoms with van der Waals surface area (Å²) in [5.41, 5.74) is 2.48. The van der Waals surface area contributed by atoms with Crippen molar-refractivity contribution in [2.24, 2.45) is 0 Å². The lowest BCUT2D eigenvalue weighted by molar-refractivity contribution is 0.540. The Kier molecular flexibility index (Phi) is 4.71. The van der Waals surface area contributed by atoms with Crippen LogP contribution in [0.25, 0.3) is 0 Å². The van der Waals surface area contributed by atoms with E-state index >= 15 is 0 Å². The second-order valence-corrected chi connectivity index (χ2v) is 5.78. The number of aromatic nitrogens is 1. The smallest absolute Gasteiger partial charge is 0.0542 e. The molecule has 17 heavy (non-hydrogen) atoms. The SMILES string of the molecule is CC(Cc1ccsc1)NCc1ccc(Br)cn1. The second-order valence-electron chi connectivity index (χ2n) is 4.09. The van der Waals surface area contributed by atoms with Crippen LogP contribution in [0.4, 0.5) is 0 Å². The zero-order chi connectivity index (χ0) is 12.1. The molecule has 0 saturated heterocycles. The third-order valence-electron chi connectivity index (χ3n) is 2.54. The Hall–Kier alpha value is -0.710. The zero-order valence-corrected chi connectivity index (χ0v) is 12.1. The number of nitrogens with zero attached hydrogens (tertiary/aromatic N) is 1. The Morgan fingerprint density at radius 1 is 1.41 bits per heavy atom. The van der Waals surface area contributed by atoms with Gasteiger partial charge in [0, 0.05) is 23.3 Å². The lowest BCUT2D eigenvalue weighted by Gasteiger charge is -2.12. The van der Waals surface area contributed by atoms with Crippen LogP contribution in [-0.4, -0.2) is 11.0 Å². The molecule has 0 spiro atoms. The predicted octanol–water partition coefficient (Wildman–Crippen LogP) is 3.63. The minimum absolute atomic E-state index is 0.468. The van der Waals surface area contributed by atoms with Crippen molar-refractivity contribution in [1.82, 2.24) is 10.3 Å². The first-order valence-corrected chi connectivity index (χ1v) is 7.32. The number of nitrogens with one attached hydrogen (secondary N) is 1. The molecule has 2 nitrogen and oxygen atoms in total. The van der Waals surface area contributed by atoms with Gasteiger partial charge in [0.05, 0.1) is 5.69 Å². The Morgan fingerprint density at radius 2 is 2.29 bits per heavy atom. The fraction of sp³-hybridized carbons (Fsp3) is 0.308. The van der Waals surface area contributed by atoms with Gasteiger partial charge in [-0.15, -0.1) is 0 Å². The molecule has 2 heterocycles. The van der Waals surface area contributed by atoms with Gasteiger partial charge in [-0.25, -0.2) is 0 Å². The van der Waals surface area contributed by atoms with E-state index in [1.165, 1.54) is 5.56 Å². The van der Waals surface area contributed by atoms with Crippen LogP contribution < -0.4 is 5.32 Å². The first-order chi connectivity index (χ1) is 8.24. The van der Waals surface area contributed by atoms with Gasteiger partial charge in [0.25, 0.3) is 0 Å². The van der Waals surface area contributed by atoms with Gasteiger partial charge in [-0.3, -0.25) is 4.98 Å². The standard InChI is InChI=1S/C13H15BrN2S/c1-10(6-11-4-5-17-9-11)15-8-13-3-2-12(14)7-16-13/h2-5,7,9-10,15H,6,8H2,1H3. The van der Waals surface area contributed by atoms with Crippen LogP contribution in [0.2, 0.25) is 0 Å². The molecular formula is C13H15BrN2S. The number of thiophene rings is 1. The van der Waals surface area contributed by atoms with Crippen molar-refractivity contribution < 1.29 is 0 Å². The minimum Gasteiger partial charge on any atom is -0.308 e. The highest BCUT2D eigenvalue weighted by Gasteiger charge is 2.04. The topological polar surface area (TPSA) is 24.9 Å². The summed E-state index contributed by atoms with van der Waals surface area (Å²) >= 11 is 5.14. The molecule has 0 bridgehead atoms. The molecule has 1 atom stereocenters. The van der Waals surface area contributed by atoms with Crippen LogP contribution in [0.3, 0.4) is 0 Å². The highest BCUT2D eigenvalue weighted by Crippen LogP contribution is 2.10. The molecule has 0 aliphatic rings. The van der Waals surface area contributed by atoms with Gasteiger partial charge in [0.2, 0.25) is 0 Å². The molecule has 0 aliphatic heterocycles. The van der Waals surface area contributed by atoms with E-state index in [4.69, 9.17) is 0 Å². The number of hydrogen-bond donors (Lipinski definition) is 1. The lowest BCUT2D eigenvalue weighted by atomic mass is 10.1. The molecule has 1 N–H and O–H groups in total. The van der Waals surface area contributed by atoms with Gasteiger partial charge in [0.1, 0.15) is 0 Å². The normalized spacial score (nSPS) is 12.6. The molecule has 0 saturated carbocycles. The van der Waals surface area contributed by atoms with Crippen LogP contribution >= 0.6 is 27.3 Å². The molecule has 0 aromatic carbocycles. The summed E-state index contributed by atoms with van der Waals surface area (Å²) in [5.74, 6) is 0. The van der Waals surface area contributed by atoms with Crippen molar-refractivity contribution in [3.63, 3.8) is 0 Å². The van der Waals surface area contributed by atoms with E-state index in [0.717, 1.165) is 23.1 Å². The molecule has 0 amide bonds. The van der Waals surface area contributed by atoms with E-state index in [1.807, 2.05) is 18.3 Å². The third-order valence-corrected chi connectivity index (χ3v) is 3.74. The van der Waals surface area contributed by atoms with Crippen molar-refractivity contribution in [3.05, 3.63) is 50.9 Å². The highest BCUT2D eigenvalue weighted by atomic mass is 79.9. The summed E-state index contributed by atoms with van der Waals surface area (Å²) in [6, 6.07) is 6.71. The van der Waals surface area contributed by atoms with Crippen LogP contribution in [0.15, 0.2) is 39.6 Å². The van der Waals surface area contributed by atoms with Crippen molar-refractivity contribution in [2.45, 2.75) is 25.9 Å². The summed E-state index contributed by atoms with van der Waals surface area (Å²) in [6.07, 6.45) is 2.90. The Bertz CT molecular complexity index is 439.